The van der Waals surface area contributed by atoms with Crippen molar-refractivity contribution in [1.29, 1.82) is 0 Å². The lowest BCUT2D eigenvalue weighted by Gasteiger charge is -2.15. The Morgan fingerprint density at radius 2 is 1.93 bits per heavy atom. The van der Waals surface area contributed by atoms with E-state index in [0.717, 1.165) is 0 Å². The fourth-order valence-corrected chi connectivity index (χ4v) is 1.27. The van der Waals surface area contributed by atoms with E-state index in [9.17, 15) is 0 Å². The third-order valence-electron chi connectivity index (χ3n) is 2.37. The fourth-order valence-electron chi connectivity index (χ4n) is 1.27. The molecule has 74 valence electrons. The molecule has 1 aliphatic rings. The minimum absolute atomic E-state index is 0.318. The van der Waals surface area contributed by atoms with Crippen molar-refractivity contribution in [3.8, 4) is 0 Å². The first-order valence-electron chi connectivity index (χ1n) is 4.59. The van der Waals surface area contributed by atoms with Crippen molar-refractivity contribution < 1.29 is 10.0 Å². The summed E-state index contributed by atoms with van der Waals surface area (Å²) in [4.78, 5) is 10.1. The van der Waals surface area contributed by atoms with Crippen molar-refractivity contribution >= 4 is 18.5 Å². The van der Waals surface area contributed by atoms with E-state index in [2.05, 4.69) is 9.97 Å². The van der Waals surface area contributed by atoms with Gasteiger partial charge in [0.05, 0.1) is 0 Å². The molecule has 0 aliphatic heterocycles. The van der Waals surface area contributed by atoms with E-state index in [1.165, 1.54) is 25.2 Å². The molecule has 0 atom stereocenters. The van der Waals surface area contributed by atoms with E-state index in [-0.39, 0.29) is 0 Å². The first-order chi connectivity index (χ1) is 6.68. The largest absolute Gasteiger partial charge is 0.491 e. The molecule has 1 heterocycles. The van der Waals surface area contributed by atoms with Crippen molar-refractivity contribution in [3.05, 3.63) is 12.4 Å². The van der Waals surface area contributed by atoms with Crippen molar-refractivity contribution in [2.75, 3.05) is 11.9 Å². The van der Waals surface area contributed by atoms with Crippen molar-refractivity contribution in [2.45, 2.75) is 18.9 Å². The Labute approximate surface area is 82.6 Å². The molecule has 1 saturated carbocycles. The van der Waals surface area contributed by atoms with Crippen LogP contribution in [0.1, 0.15) is 12.8 Å². The number of hydrogen-bond acceptors (Lipinski definition) is 5. The summed E-state index contributed by atoms with van der Waals surface area (Å²) in [5, 5.41) is 17.7. The molecule has 1 fully saturated rings. The van der Waals surface area contributed by atoms with Crippen LogP contribution in [0.2, 0.25) is 0 Å². The summed E-state index contributed by atoms with van der Waals surface area (Å²) in [5.41, 5.74) is 0.318. The van der Waals surface area contributed by atoms with E-state index >= 15 is 0 Å². The first-order valence-corrected chi connectivity index (χ1v) is 4.59. The molecule has 0 bridgehead atoms. The summed E-state index contributed by atoms with van der Waals surface area (Å²) in [6.45, 7) is 0. The first kappa shape index (κ1) is 9.42. The van der Waals surface area contributed by atoms with Gasteiger partial charge < -0.3 is 14.9 Å². The molecule has 2 rings (SSSR count). The van der Waals surface area contributed by atoms with Gasteiger partial charge in [0.25, 0.3) is 0 Å². The number of rotatable bonds is 3. The molecule has 0 spiro atoms. The minimum atomic E-state index is -1.49. The Bertz CT molecular complexity index is 313. The second kappa shape index (κ2) is 3.55. The van der Waals surface area contributed by atoms with Crippen LogP contribution in [-0.4, -0.2) is 40.2 Å². The lowest BCUT2D eigenvalue weighted by molar-refractivity contribution is 0.425. The Morgan fingerprint density at radius 3 is 2.36 bits per heavy atom. The second-order valence-corrected chi connectivity index (χ2v) is 3.53. The van der Waals surface area contributed by atoms with E-state index < -0.39 is 7.12 Å². The normalized spacial score (nSPS) is 15.4. The molecule has 1 aliphatic carbocycles. The Hall–Kier alpha value is -1.14. The topological polar surface area (TPSA) is 69.5 Å². The van der Waals surface area contributed by atoms with Crippen LogP contribution in [-0.2, 0) is 0 Å². The zero-order valence-electron chi connectivity index (χ0n) is 7.96. The highest BCUT2D eigenvalue weighted by Crippen LogP contribution is 2.27. The lowest BCUT2D eigenvalue weighted by atomic mass is 9.83. The van der Waals surface area contributed by atoms with E-state index in [1.54, 1.807) is 0 Å². The average molecular weight is 193 g/mol. The Balaban J connectivity index is 2.12. The molecule has 2 N–H and O–H groups in total. The van der Waals surface area contributed by atoms with Gasteiger partial charge in [-0.1, -0.05) is 0 Å². The summed E-state index contributed by atoms with van der Waals surface area (Å²) in [6.07, 6.45) is 5.24. The summed E-state index contributed by atoms with van der Waals surface area (Å²) in [7, 11) is 0.456. The van der Waals surface area contributed by atoms with Gasteiger partial charge in [-0.15, -0.1) is 0 Å². The van der Waals surface area contributed by atoms with Crippen molar-refractivity contribution in [2.24, 2.45) is 0 Å². The lowest BCUT2D eigenvalue weighted by Crippen LogP contribution is -2.32. The number of nitrogens with zero attached hydrogens (tertiary/aromatic N) is 3. The molecule has 0 radical (unpaired) electrons. The highest BCUT2D eigenvalue weighted by atomic mass is 16.4. The van der Waals surface area contributed by atoms with Gasteiger partial charge in [-0.25, -0.2) is 9.97 Å². The van der Waals surface area contributed by atoms with Crippen LogP contribution in [0.4, 0.5) is 5.95 Å². The molecule has 6 heteroatoms. The molecular weight excluding hydrogens is 181 g/mol. The monoisotopic (exact) mass is 193 g/mol. The highest BCUT2D eigenvalue weighted by molar-refractivity contribution is 6.58. The van der Waals surface area contributed by atoms with Gasteiger partial charge in [-0.2, -0.15) is 0 Å². The summed E-state index contributed by atoms with van der Waals surface area (Å²) >= 11 is 0. The summed E-state index contributed by atoms with van der Waals surface area (Å²) in [5.74, 6) is 0.636. The third kappa shape index (κ3) is 1.86. The van der Waals surface area contributed by atoms with Gasteiger partial charge >= 0.3 is 7.12 Å². The maximum absolute atomic E-state index is 8.84. The van der Waals surface area contributed by atoms with E-state index in [4.69, 9.17) is 10.0 Å². The minimum Gasteiger partial charge on any atom is -0.423 e. The molecule has 0 unspecified atom stereocenters. The molecule has 0 amide bonds. The molecule has 0 aromatic carbocycles. The van der Waals surface area contributed by atoms with Crippen LogP contribution in [0, 0.1) is 0 Å². The molecule has 1 aromatic heterocycles. The van der Waals surface area contributed by atoms with Crippen LogP contribution < -0.4 is 10.4 Å². The van der Waals surface area contributed by atoms with Gasteiger partial charge in [0.2, 0.25) is 5.95 Å². The van der Waals surface area contributed by atoms with Gasteiger partial charge in [-0.05, 0) is 12.8 Å². The SMILES string of the molecule is CN(c1ncc(B(O)O)cn1)C1CC1. The Morgan fingerprint density at radius 1 is 1.36 bits per heavy atom. The predicted molar refractivity (Wildman–Crippen MR) is 53.3 cm³/mol. The predicted octanol–water partition coefficient (Wildman–Crippen LogP) is -1.25. The zero-order valence-corrected chi connectivity index (χ0v) is 7.96. The molecule has 5 nitrogen and oxygen atoms in total. The third-order valence-corrected chi connectivity index (χ3v) is 2.37. The molecule has 14 heavy (non-hydrogen) atoms. The standard InChI is InChI=1S/C8H12BN3O2/c1-12(7-2-3-7)8-10-4-6(5-11-8)9(13)14/h4-5,7,13-14H,2-3H2,1H3. The zero-order chi connectivity index (χ0) is 10.1. The number of aromatic nitrogens is 2. The van der Waals surface area contributed by atoms with E-state index in [1.807, 2.05) is 11.9 Å². The summed E-state index contributed by atoms with van der Waals surface area (Å²) < 4.78 is 0. The van der Waals surface area contributed by atoms with Crippen LogP contribution in [0.5, 0.6) is 0 Å². The molecule has 0 saturated heterocycles. The maximum Gasteiger partial charge on any atom is 0.491 e. The quantitative estimate of drug-likeness (QED) is 0.587. The van der Waals surface area contributed by atoms with Gasteiger partial charge in [0, 0.05) is 30.9 Å². The average Bonchev–Trinajstić information content (AvgIpc) is 3.00. The van der Waals surface area contributed by atoms with E-state index in [0.29, 0.717) is 17.5 Å². The Kier molecular flexibility index (Phi) is 2.39. The van der Waals surface area contributed by atoms with Crippen molar-refractivity contribution in [1.82, 2.24) is 9.97 Å². The number of anilines is 1. The van der Waals surface area contributed by atoms with Crippen molar-refractivity contribution in [3.63, 3.8) is 0 Å². The molecular formula is C8H12BN3O2. The second-order valence-electron chi connectivity index (χ2n) is 3.53. The van der Waals surface area contributed by atoms with Crippen LogP contribution in [0.3, 0.4) is 0 Å². The smallest absolute Gasteiger partial charge is 0.423 e. The van der Waals surface area contributed by atoms with Gasteiger partial charge in [0.1, 0.15) is 0 Å². The fraction of sp³-hybridized carbons (Fsp3) is 0.500. The van der Waals surface area contributed by atoms with Gasteiger partial charge in [0.15, 0.2) is 0 Å². The van der Waals surface area contributed by atoms with Crippen LogP contribution in [0.15, 0.2) is 12.4 Å². The molecule has 1 aromatic rings. The van der Waals surface area contributed by atoms with Gasteiger partial charge in [-0.3, -0.25) is 0 Å². The van der Waals surface area contributed by atoms with Crippen LogP contribution >= 0.6 is 0 Å². The highest BCUT2D eigenvalue weighted by Gasteiger charge is 2.27. The number of hydrogen-bond donors (Lipinski definition) is 2. The van der Waals surface area contributed by atoms with Crippen LogP contribution in [0.25, 0.3) is 0 Å². The maximum atomic E-state index is 8.84. The summed E-state index contributed by atoms with van der Waals surface area (Å²) in [6, 6.07) is 0.555.